The summed E-state index contributed by atoms with van der Waals surface area (Å²) in [7, 11) is 0. The molecule has 1 aromatic carbocycles. The Morgan fingerprint density at radius 1 is 1.25 bits per heavy atom. The molecule has 2 aliphatic rings. The highest BCUT2D eigenvalue weighted by atomic mass is 16.5. The molecule has 6 heteroatoms. The van der Waals surface area contributed by atoms with Gasteiger partial charge in [0.2, 0.25) is 0 Å². The summed E-state index contributed by atoms with van der Waals surface area (Å²) in [6, 6.07) is 9.50. The van der Waals surface area contributed by atoms with E-state index in [4.69, 9.17) is 9.47 Å². The zero-order valence-electron chi connectivity index (χ0n) is 14.0. The van der Waals surface area contributed by atoms with Gasteiger partial charge in [-0.05, 0) is 25.0 Å². The maximum Gasteiger partial charge on any atom is 0.251 e. The zero-order valence-corrected chi connectivity index (χ0v) is 14.0. The lowest BCUT2D eigenvalue weighted by molar-refractivity contribution is -0.142. The van der Waals surface area contributed by atoms with Gasteiger partial charge in [-0.25, -0.2) is 0 Å². The summed E-state index contributed by atoms with van der Waals surface area (Å²) in [5.41, 5.74) is 0. The minimum Gasteiger partial charge on any atom is -0.491 e. The number of aliphatic hydroxyl groups is 1. The predicted octanol–water partition coefficient (Wildman–Crippen LogP) is 0.750. The highest BCUT2D eigenvalue weighted by Crippen LogP contribution is 2.16. The molecule has 2 unspecified atom stereocenters. The molecule has 2 heterocycles. The lowest BCUT2D eigenvalue weighted by atomic mass is 10.2. The summed E-state index contributed by atoms with van der Waals surface area (Å²) in [5.74, 6) is 0.892. The Kier molecular flexibility index (Phi) is 6.07. The first-order chi connectivity index (χ1) is 11.7. The van der Waals surface area contributed by atoms with Gasteiger partial charge in [-0.3, -0.25) is 9.69 Å². The molecule has 3 rings (SSSR count). The highest BCUT2D eigenvalue weighted by Gasteiger charge is 2.30. The number of nitrogens with zero attached hydrogens (tertiary/aromatic N) is 2. The minimum absolute atomic E-state index is 0.125. The molecule has 2 atom stereocenters. The zero-order chi connectivity index (χ0) is 16.8. The molecule has 2 saturated heterocycles. The van der Waals surface area contributed by atoms with E-state index < -0.39 is 6.10 Å². The van der Waals surface area contributed by atoms with E-state index in [-0.39, 0.29) is 18.6 Å². The Balaban J connectivity index is 1.36. The molecule has 0 spiro atoms. The molecule has 0 aliphatic carbocycles. The fourth-order valence-electron chi connectivity index (χ4n) is 3.19. The first-order valence-electron chi connectivity index (χ1n) is 8.71. The summed E-state index contributed by atoms with van der Waals surface area (Å²) >= 11 is 0. The molecule has 24 heavy (non-hydrogen) atoms. The van der Waals surface area contributed by atoms with E-state index in [1.807, 2.05) is 35.2 Å². The highest BCUT2D eigenvalue weighted by molar-refractivity contribution is 5.81. The number of carbonyl (C=O) groups is 1. The molecular formula is C18H26N2O4. The average molecular weight is 334 g/mol. The first kappa shape index (κ1) is 17.2. The van der Waals surface area contributed by atoms with E-state index in [0.717, 1.165) is 31.7 Å². The van der Waals surface area contributed by atoms with Crippen LogP contribution in [0.2, 0.25) is 0 Å². The number of carbonyl (C=O) groups excluding carboxylic acids is 1. The summed E-state index contributed by atoms with van der Waals surface area (Å²) in [6.45, 7) is 4.50. The number of amides is 1. The van der Waals surface area contributed by atoms with E-state index in [9.17, 15) is 9.90 Å². The van der Waals surface area contributed by atoms with Crippen molar-refractivity contribution in [3.05, 3.63) is 30.3 Å². The molecule has 0 aromatic heterocycles. The van der Waals surface area contributed by atoms with Gasteiger partial charge in [0, 0.05) is 39.3 Å². The molecule has 0 saturated carbocycles. The largest absolute Gasteiger partial charge is 0.491 e. The van der Waals surface area contributed by atoms with Crippen LogP contribution in [0.5, 0.6) is 5.75 Å². The summed E-state index contributed by atoms with van der Waals surface area (Å²) in [6.07, 6.45) is 1.05. The van der Waals surface area contributed by atoms with Gasteiger partial charge in [-0.1, -0.05) is 18.2 Å². The van der Waals surface area contributed by atoms with Gasteiger partial charge < -0.3 is 19.5 Å². The van der Waals surface area contributed by atoms with E-state index in [2.05, 4.69) is 4.90 Å². The van der Waals surface area contributed by atoms with Crippen LogP contribution in [0, 0.1) is 0 Å². The Hall–Kier alpha value is -1.63. The van der Waals surface area contributed by atoms with Crippen LogP contribution in [-0.4, -0.2) is 79.0 Å². The Morgan fingerprint density at radius 3 is 2.67 bits per heavy atom. The normalized spacial score (nSPS) is 23.2. The Bertz CT molecular complexity index is 511. The predicted molar refractivity (Wildman–Crippen MR) is 89.9 cm³/mol. The number of piperazine rings is 1. The molecule has 2 aliphatic heterocycles. The van der Waals surface area contributed by atoms with E-state index >= 15 is 0 Å². The third-order valence-corrected chi connectivity index (χ3v) is 4.54. The van der Waals surface area contributed by atoms with Crippen LogP contribution in [0.15, 0.2) is 30.3 Å². The van der Waals surface area contributed by atoms with Crippen molar-refractivity contribution in [2.24, 2.45) is 0 Å². The molecule has 0 bridgehead atoms. The number of benzene rings is 1. The summed E-state index contributed by atoms with van der Waals surface area (Å²) in [5, 5.41) is 10.1. The second kappa shape index (κ2) is 8.46. The number of ether oxygens (including phenoxy) is 2. The molecule has 1 N–H and O–H groups in total. The second-order valence-electron chi connectivity index (χ2n) is 6.41. The fraction of sp³-hybridized carbons (Fsp3) is 0.611. The summed E-state index contributed by atoms with van der Waals surface area (Å²) < 4.78 is 11.1. The van der Waals surface area contributed by atoms with Crippen molar-refractivity contribution in [1.82, 2.24) is 9.80 Å². The quantitative estimate of drug-likeness (QED) is 0.832. The van der Waals surface area contributed by atoms with Gasteiger partial charge in [-0.2, -0.15) is 0 Å². The van der Waals surface area contributed by atoms with Gasteiger partial charge in [0.1, 0.15) is 24.6 Å². The standard InChI is InChI=1S/C18H26N2O4/c21-15(14-24-16-5-2-1-3-6-16)13-19-8-10-20(11-9-19)18(22)17-7-4-12-23-17/h1-3,5-6,15,17,21H,4,7-14H2. The fourth-order valence-corrected chi connectivity index (χ4v) is 3.19. The molecule has 6 nitrogen and oxygen atoms in total. The van der Waals surface area contributed by atoms with Gasteiger partial charge in [0.15, 0.2) is 0 Å². The number of aliphatic hydroxyl groups excluding tert-OH is 1. The number of hydrogen-bond acceptors (Lipinski definition) is 5. The van der Waals surface area contributed by atoms with Crippen molar-refractivity contribution in [2.75, 3.05) is 45.9 Å². The van der Waals surface area contributed by atoms with Crippen molar-refractivity contribution in [3.8, 4) is 5.75 Å². The van der Waals surface area contributed by atoms with E-state index in [1.165, 1.54) is 0 Å². The monoisotopic (exact) mass is 334 g/mol. The van der Waals surface area contributed by atoms with Gasteiger partial charge >= 0.3 is 0 Å². The van der Waals surface area contributed by atoms with E-state index in [0.29, 0.717) is 26.2 Å². The third-order valence-electron chi connectivity index (χ3n) is 4.54. The third kappa shape index (κ3) is 4.69. The van der Waals surface area contributed by atoms with Crippen LogP contribution in [0.1, 0.15) is 12.8 Å². The smallest absolute Gasteiger partial charge is 0.251 e. The topological polar surface area (TPSA) is 62.2 Å². The van der Waals surface area contributed by atoms with Crippen LogP contribution >= 0.6 is 0 Å². The van der Waals surface area contributed by atoms with Crippen molar-refractivity contribution in [3.63, 3.8) is 0 Å². The Morgan fingerprint density at radius 2 is 2.00 bits per heavy atom. The Labute approximate surface area is 143 Å². The molecule has 132 valence electrons. The van der Waals surface area contributed by atoms with Crippen molar-refractivity contribution in [1.29, 1.82) is 0 Å². The van der Waals surface area contributed by atoms with Crippen molar-refractivity contribution in [2.45, 2.75) is 25.0 Å². The number of rotatable bonds is 6. The minimum atomic E-state index is -0.536. The SMILES string of the molecule is O=C(C1CCCO1)N1CCN(CC(O)COc2ccccc2)CC1. The van der Waals surface area contributed by atoms with Crippen LogP contribution in [0.25, 0.3) is 0 Å². The molecule has 1 amide bonds. The van der Waals surface area contributed by atoms with Crippen LogP contribution in [0.4, 0.5) is 0 Å². The maximum absolute atomic E-state index is 12.3. The lowest BCUT2D eigenvalue weighted by Gasteiger charge is -2.36. The number of hydrogen-bond donors (Lipinski definition) is 1. The average Bonchev–Trinajstić information content (AvgIpc) is 3.16. The maximum atomic E-state index is 12.3. The van der Waals surface area contributed by atoms with Crippen LogP contribution in [-0.2, 0) is 9.53 Å². The second-order valence-corrected chi connectivity index (χ2v) is 6.41. The first-order valence-corrected chi connectivity index (χ1v) is 8.71. The van der Waals surface area contributed by atoms with Crippen molar-refractivity contribution < 1.29 is 19.4 Å². The molecule has 0 radical (unpaired) electrons. The number of para-hydroxylation sites is 1. The molecular weight excluding hydrogens is 308 g/mol. The summed E-state index contributed by atoms with van der Waals surface area (Å²) in [4.78, 5) is 16.4. The van der Waals surface area contributed by atoms with Crippen LogP contribution < -0.4 is 4.74 Å². The van der Waals surface area contributed by atoms with Gasteiger partial charge in [-0.15, -0.1) is 0 Å². The molecule has 1 aromatic rings. The van der Waals surface area contributed by atoms with E-state index in [1.54, 1.807) is 0 Å². The molecule has 2 fully saturated rings. The lowest BCUT2D eigenvalue weighted by Crippen LogP contribution is -2.53. The van der Waals surface area contributed by atoms with Crippen molar-refractivity contribution >= 4 is 5.91 Å². The number of β-amino-alcohol motifs (C(OH)–C–C–N with tert-alkyl or cyclic N) is 1. The van der Waals surface area contributed by atoms with Gasteiger partial charge in [0.25, 0.3) is 5.91 Å². The van der Waals surface area contributed by atoms with Gasteiger partial charge in [0.05, 0.1) is 0 Å². The van der Waals surface area contributed by atoms with Crippen LogP contribution in [0.3, 0.4) is 0 Å².